The van der Waals surface area contributed by atoms with Crippen molar-refractivity contribution in [2.24, 2.45) is 11.3 Å². The van der Waals surface area contributed by atoms with Crippen molar-refractivity contribution in [1.29, 1.82) is 0 Å². The van der Waals surface area contributed by atoms with Crippen molar-refractivity contribution in [3.8, 4) is 11.5 Å². The fraction of sp³-hybridized carbons (Fsp3) is 0.343. The van der Waals surface area contributed by atoms with E-state index in [9.17, 15) is 14.4 Å². The molecule has 0 unspecified atom stereocenters. The minimum atomic E-state index is -1.35. The van der Waals surface area contributed by atoms with Crippen LogP contribution in [0.5, 0.6) is 11.5 Å². The largest absolute Gasteiger partial charge is 0.493 e. The lowest BCUT2D eigenvalue weighted by molar-refractivity contribution is -0.128. The van der Waals surface area contributed by atoms with E-state index in [1.807, 2.05) is 71.0 Å². The minimum Gasteiger partial charge on any atom is -0.493 e. The number of nitrogens with one attached hydrogen (secondary N) is 1. The molecule has 42 heavy (non-hydrogen) atoms. The Bertz CT molecular complexity index is 1680. The summed E-state index contributed by atoms with van der Waals surface area (Å²) in [5, 5.41) is 3.08. The highest BCUT2D eigenvalue weighted by Crippen LogP contribution is 2.59. The molecule has 6 rings (SSSR count). The van der Waals surface area contributed by atoms with Crippen LogP contribution < -0.4 is 19.7 Å². The number of rotatable bonds is 5. The molecule has 0 aromatic heterocycles. The predicted octanol–water partition coefficient (Wildman–Crippen LogP) is 5.99. The molecule has 4 atom stereocenters. The van der Waals surface area contributed by atoms with Gasteiger partial charge < -0.3 is 19.7 Å². The Labute approximate surface area is 246 Å². The third-order valence-electron chi connectivity index (χ3n) is 9.09. The van der Waals surface area contributed by atoms with Crippen LogP contribution in [0.2, 0.25) is 0 Å². The summed E-state index contributed by atoms with van der Waals surface area (Å²) in [7, 11) is 3.05. The van der Waals surface area contributed by atoms with Gasteiger partial charge in [-0.25, -0.2) is 0 Å². The summed E-state index contributed by atoms with van der Waals surface area (Å²) in [6.07, 6.45) is 2.08. The number of nitrogens with zero attached hydrogens (tertiary/aromatic N) is 1. The van der Waals surface area contributed by atoms with Crippen LogP contribution in [-0.4, -0.2) is 43.8 Å². The molecule has 0 aliphatic carbocycles. The van der Waals surface area contributed by atoms with Gasteiger partial charge in [-0.15, -0.1) is 0 Å². The summed E-state index contributed by atoms with van der Waals surface area (Å²) < 4.78 is 11.0. The fourth-order valence-electron chi connectivity index (χ4n) is 7.16. The summed E-state index contributed by atoms with van der Waals surface area (Å²) in [5.41, 5.74) is 3.56. The molecule has 3 aliphatic rings. The molecule has 3 heterocycles. The van der Waals surface area contributed by atoms with Crippen molar-refractivity contribution in [3.63, 3.8) is 0 Å². The lowest BCUT2D eigenvalue weighted by Crippen LogP contribution is -2.51. The number of fused-ring (bicyclic) bond motifs is 6. The molecule has 1 spiro atoms. The molecule has 1 fully saturated rings. The van der Waals surface area contributed by atoms with Gasteiger partial charge in [0.15, 0.2) is 23.1 Å². The molecule has 7 nitrogen and oxygen atoms in total. The monoisotopic (exact) mass is 564 g/mol. The molecule has 1 N–H and O–H groups in total. The highest BCUT2D eigenvalue weighted by Gasteiger charge is 2.71. The maximum Gasteiger partial charge on any atom is 0.238 e. The Hall–Kier alpha value is -4.39. The van der Waals surface area contributed by atoms with E-state index in [4.69, 9.17) is 9.47 Å². The number of hydrogen-bond donors (Lipinski definition) is 1. The number of para-hydroxylation sites is 1. The number of anilines is 2. The maximum absolute atomic E-state index is 15.0. The summed E-state index contributed by atoms with van der Waals surface area (Å²) in [6, 6.07) is 17.2. The zero-order chi connectivity index (χ0) is 30.1. The lowest BCUT2D eigenvalue weighted by atomic mass is 9.63. The molecular formula is C35H36N2O5. The SMILES string of the molecule is COc1ccc(C(=O)[C@@H]2[C@H](C(=O)C(C)(C)C)N3c4ccc(C)cc4C(C)=C[C@H]3[C@]23C(=O)Nc2ccccc23)cc1OC. The number of amides is 1. The van der Waals surface area contributed by atoms with Gasteiger partial charge in [-0.2, -0.15) is 0 Å². The Morgan fingerprint density at radius 1 is 0.929 bits per heavy atom. The second-order valence-electron chi connectivity index (χ2n) is 12.6. The van der Waals surface area contributed by atoms with E-state index >= 15 is 0 Å². The smallest absolute Gasteiger partial charge is 0.238 e. The average Bonchev–Trinajstić information content (AvgIpc) is 3.43. The fourth-order valence-corrected chi connectivity index (χ4v) is 7.16. The third kappa shape index (κ3) is 3.75. The van der Waals surface area contributed by atoms with Gasteiger partial charge in [0, 0.05) is 27.9 Å². The van der Waals surface area contributed by atoms with Gasteiger partial charge >= 0.3 is 0 Å². The van der Waals surface area contributed by atoms with Crippen LogP contribution in [0, 0.1) is 18.3 Å². The van der Waals surface area contributed by atoms with Gasteiger partial charge in [-0.05, 0) is 61.4 Å². The van der Waals surface area contributed by atoms with E-state index in [0.29, 0.717) is 22.7 Å². The van der Waals surface area contributed by atoms with E-state index in [1.165, 1.54) is 14.2 Å². The molecule has 7 heteroatoms. The molecule has 1 amide bonds. The number of carbonyl (C=O) groups is 3. The first-order valence-corrected chi connectivity index (χ1v) is 14.2. The standard InChI is InChI=1S/C35H36N2O5/c1-19-12-14-25-22(16-19)20(2)17-28-35(23-10-8-9-11-24(23)36-33(35)40)29(30(37(25)28)32(39)34(3,4)5)31(38)21-13-15-26(41-6)27(18-21)42-7/h8-18,28-30H,1-7H3,(H,36,40)/t28-,29-,30+,35-/m0/s1. The van der Waals surface area contributed by atoms with Crippen LogP contribution in [0.25, 0.3) is 5.57 Å². The van der Waals surface area contributed by atoms with E-state index in [1.54, 1.807) is 18.2 Å². The number of ether oxygens (including phenoxy) is 2. The highest BCUT2D eigenvalue weighted by molar-refractivity contribution is 6.17. The van der Waals surface area contributed by atoms with Gasteiger partial charge in [-0.3, -0.25) is 14.4 Å². The number of aryl methyl sites for hydroxylation is 1. The lowest BCUT2D eigenvalue weighted by Gasteiger charge is -2.40. The molecule has 0 radical (unpaired) electrons. The van der Waals surface area contributed by atoms with Gasteiger partial charge in [0.1, 0.15) is 11.5 Å². The van der Waals surface area contributed by atoms with Crippen molar-refractivity contribution in [1.82, 2.24) is 0 Å². The molecule has 3 aromatic carbocycles. The van der Waals surface area contributed by atoms with Crippen LogP contribution in [0.1, 0.15) is 54.7 Å². The molecule has 216 valence electrons. The van der Waals surface area contributed by atoms with Crippen molar-refractivity contribution >= 4 is 34.4 Å². The quantitative estimate of drug-likeness (QED) is 0.383. The molecule has 3 aromatic rings. The normalized spacial score (nSPS) is 24.0. The minimum absolute atomic E-state index is 0.0974. The van der Waals surface area contributed by atoms with Crippen LogP contribution >= 0.6 is 0 Å². The summed E-state index contributed by atoms with van der Waals surface area (Å²) >= 11 is 0. The van der Waals surface area contributed by atoms with Crippen LogP contribution in [0.15, 0.2) is 66.7 Å². The van der Waals surface area contributed by atoms with E-state index in [-0.39, 0.29) is 17.5 Å². The number of allylic oxidation sites excluding steroid dienone is 1. The van der Waals surface area contributed by atoms with Crippen molar-refractivity contribution in [3.05, 3.63) is 89.0 Å². The van der Waals surface area contributed by atoms with E-state index < -0.39 is 28.8 Å². The van der Waals surface area contributed by atoms with E-state index in [0.717, 1.165) is 28.0 Å². The topological polar surface area (TPSA) is 84.9 Å². The Kier molecular flexibility index (Phi) is 6.33. The van der Waals surface area contributed by atoms with Crippen molar-refractivity contribution < 1.29 is 23.9 Å². The maximum atomic E-state index is 15.0. The van der Waals surface area contributed by atoms with Crippen LogP contribution in [-0.2, 0) is 15.0 Å². The number of carbonyl (C=O) groups excluding carboxylic acids is 3. The number of Topliss-reactive ketones (excluding diaryl/α,β-unsaturated/α-hetero) is 2. The first kappa shape index (κ1) is 27.8. The number of hydrogen-bond acceptors (Lipinski definition) is 6. The van der Waals surface area contributed by atoms with Gasteiger partial charge in [-0.1, -0.05) is 56.7 Å². The highest BCUT2D eigenvalue weighted by atomic mass is 16.5. The number of ketones is 2. The second-order valence-corrected chi connectivity index (χ2v) is 12.6. The zero-order valence-corrected chi connectivity index (χ0v) is 25.1. The van der Waals surface area contributed by atoms with Gasteiger partial charge in [0.25, 0.3) is 0 Å². The Balaban J connectivity index is 1.69. The number of methoxy groups -OCH3 is 2. The Morgan fingerprint density at radius 3 is 2.33 bits per heavy atom. The van der Waals surface area contributed by atoms with Crippen molar-refractivity contribution in [2.75, 3.05) is 24.4 Å². The molecule has 3 aliphatic heterocycles. The average molecular weight is 565 g/mol. The predicted molar refractivity (Wildman–Crippen MR) is 163 cm³/mol. The van der Waals surface area contributed by atoms with Crippen molar-refractivity contribution in [2.45, 2.75) is 52.1 Å². The summed E-state index contributed by atoms with van der Waals surface area (Å²) in [6.45, 7) is 9.68. The van der Waals surface area contributed by atoms with Gasteiger partial charge in [0.05, 0.1) is 26.2 Å². The van der Waals surface area contributed by atoms with E-state index in [2.05, 4.69) is 22.4 Å². The Morgan fingerprint density at radius 2 is 1.64 bits per heavy atom. The first-order chi connectivity index (χ1) is 19.9. The summed E-state index contributed by atoms with van der Waals surface area (Å²) in [4.78, 5) is 46.2. The summed E-state index contributed by atoms with van der Waals surface area (Å²) in [5.74, 6) is -0.797. The molecule has 1 saturated heterocycles. The molecule has 0 bridgehead atoms. The first-order valence-electron chi connectivity index (χ1n) is 14.2. The molecular weight excluding hydrogens is 528 g/mol. The second kappa shape index (κ2) is 9.58. The third-order valence-corrected chi connectivity index (χ3v) is 9.09. The zero-order valence-electron chi connectivity index (χ0n) is 25.1. The van der Waals surface area contributed by atoms with Crippen LogP contribution in [0.3, 0.4) is 0 Å². The molecule has 0 saturated carbocycles. The van der Waals surface area contributed by atoms with Gasteiger partial charge in [0.2, 0.25) is 5.91 Å². The number of benzene rings is 3. The van der Waals surface area contributed by atoms with Crippen LogP contribution in [0.4, 0.5) is 11.4 Å².